The molecule has 166 valence electrons. The number of amides is 1. The molecule has 0 aromatic heterocycles. The van der Waals surface area contributed by atoms with Gasteiger partial charge in [0.2, 0.25) is 5.91 Å². The maximum Gasteiger partial charge on any atom is 0.224 e. The number of piperazine rings is 1. The fourth-order valence-electron chi connectivity index (χ4n) is 4.19. The molecule has 2 heterocycles. The Morgan fingerprint density at radius 2 is 1.87 bits per heavy atom. The summed E-state index contributed by atoms with van der Waals surface area (Å²) in [5, 5.41) is 3.35. The molecule has 2 saturated heterocycles. The highest BCUT2D eigenvalue weighted by molar-refractivity contribution is 5.81. The lowest BCUT2D eigenvalue weighted by atomic mass is 9.96. The van der Waals surface area contributed by atoms with Gasteiger partial charge in [-0.3, -0.25) is 9.79 Å². The van der Waals surface area contributed by atoms with E-state index in [1.807, 2.05) is 11.0 Å². The van der Waals surface area contributed by atoms with E-state index >= 15 is 0 Å². The van der Waals surface area contributed by atoms with Gasteiger partial charge < -0.3 is 24.8 Å². The Morgan fingerprint density at radius 1 is 1.17 bits per heavy atom. The van der Waals surface area contributed by atoms with Gasteiger partial charge in [-0.1, -0.05) is 18.2 Å². The van der Waals surface area contributed by atoms with Crippen molar-refractivity contribution in [1.29, 1.82) is 0 Å². The number of carbonyl (C=O) groups is 1. The van der Waals surface area contributed by atoms with Gasteiger partial charge in [0, 0.05) is 78.7 Å². The van der Waals surface area contributed by atoms with Crippen molar-refractivity contribution in [3.63, 3.8) is 0 Å². The summed E-state index contributed by atoms with van der Waals surface area (Å²) in [6, 6.07) is 10.4. The molecule has 2 aliphatic rings. The molecular formula is C23H37N5O2. The van der Waals surface area contributed by atoms with Crippen molar-refractivity contribution in [1.82, 2.24) is 15.1 Å². The summed E-state index contributed by atoms with van der Waals surface area (Å²) < 4.78 is 5.44. The van der Waals surface area contributed by atoms with E-state index in [9.17, 15) is 4.79 Å². The molecule has 0 bridgehead atoms. The van der Waals surface area contributed by atoms with Crippen LogP contribution in [0.25, 0.3) is 0 Å². The first-order valence-electron chi connectivity index (χ1n) is 11.2. The molecule has 1 amide bonds. The first kappa shape index (κ1) is 22.4. The zero-order valence-electron chi connectivity index (χ0n) is 18.6. The number of hydrogen-bond donors (Lipinski definition) is 1. The number of aliphatic imine (C=N–C) groups is 1. The number of para-hydroxylation sites is 1. The molecule has 7 heteroatoms. The van der Waals surface area contributed by atoms with Gasteiger partial charge in [0.25, 0.3) is 0 Å². The Balaban J connectivity index is 1.34. The molecule has 2 fully saturated rings. The Morgan fingerprint density at radius 3 is 2.53 bits per heavy atom. The second-order valence-electron chi connectivity index (χ2n) is 8.19. The molecule has 0 spiro atoms. The van der Waals surface area contributed by atoms with Crippen LogP contribution < -0.4 is 10.2 Å². The molecule has 0 atom stereocenters. The Labute approximate surface area is 181 Å². The van der Waals surface area contributed by atoms with Crippen molar-refractivity contribution >= 4 is 17.6 Å². The van der Waals surface area contributed by atoms with Gasteiger partial charge in [-0.2, -0.15) is 0 Å². The molecule has 30 heavy (non-hydrogen) atoms. The van der Waals surface area contributed by atoms with Crippen molar-refractivity contribution in [3.05, 3.63) is 30.3 Å². The Bertz CT molecular complexity index is 667. The van der Waals surface area contributed by atoms with E-state index in [0.29, 0.717) is 13.0 Å². The predicted octanol–water partition coefficient (Wildman–Crippen LogP) is 2.05. The van der Waals surface area contributed by atoms with E-state index in [-0.39, 0.29) is 5.91 Å². The smallest absolute Gasteiger partial charge is 0.224 e. The zero-order chi connectivity index (χ0) is 21.2. The summed E-state index contributed by atoms with van der Waals surface area (Å²) in [5.41, 5.74) is 1.24. The van der Waals surface area contributed by atoms with Gasteiger partial charge in [-0.25, -0.2) is 0 Å². The highest BCUT2D eigenvalue weighted by atomic mass is 16.5. The van der Waals surface area contributed by atoms with E-state index in [2.05, 4.69) is 51.4 Å². The fraction of sp³-hybridized carbons (Fsp3) is 0.652. The second-order valence-corrected chi connectivity index (χ2v) is 8.19. The fourth-order valence-corrected chi connectivity index (χ4v) is 4.19. The van der Waals surface area contributed by atoms with E-state index in [0.717, 1.165) is 77.1 Å². The maximum absolute atomic E-state index is 12.6. The first-order valence-corrected chi connectivity index (χ1v) is 11.2. The van der Waals surface area contributed by atoms with E-state index < -0.39 is 0 Å². The molecule has 1 aromatic carbocycles. The van der Waals surface area contributed by atoms with Crippen molar-refractivity contribution in [2.75, 3.05) is 71.5 Å². The number of nitrogens with one attached hydrogen (secondary N) is 1. The van der Waals surface area contributed by atoms with Crippen molar-refractivity contribution in [2.45, 2.75) is 25.7 Å². The molecule has 7 nitrogen and oxygen atoms in total. The Kier molecular flexibility index (Phi) is 8.81. The number of guanidine groups is 1. The average Bonchev–Trinajstić information content (AvgIpc) is 2.81. The number of nitrogens with zero attached hydrogens (tertiary/aromatic N) is 4. The van der Waals surface area contributed by atoms with Crippen LogP contribution in [0.4, 0.5) is 5.69 Å². The quantitative estimate of drug-likeness (QED) is 0.546. The number of rotatable bonds is 7. The summed E-state index contributed by atoms with van der Waals surface area (Å²) in [6.07, 6.45) is 3.97. The summed E-state index contributed by atoms with van der Waals surface area (Å²) in [5.74, 6) is 1.83. The maximum atomic E-state index is 12.6. The van der Waals surface area contributed by atoms with Crippen molar-refractivity contribution in [2.24, 2.45) is 10.9 Å². The van der Waals surface area contributed by atoms with Gasteiger partial charge in [0.1, 0.15) is 0 Å². The monoisotopic (exact) mass is 415 g/mol. The summed E-state index contributed by atoms with van der Waals surface area (Å²) in [4.78, 5) is 23.5. The summed E-state index contributed by atoms with van der Waals surface area (Å²) in [6.45, 7) is 6.72. The van der Waals surface area contributed by atoms with Crippen LogP contribution in [0.1, 0.15) is 25.7 Å². The van der Waals surface area contributed by atoms with Gasteiger partial charge in [-0.05, 0) is 37.3 Å². The van der Waals surface area contributed by atoms with E-state index in [1.54, 1.807) is 7.05 Å². The number of benzene rings is 1. The Hall–Kier alpha value is -2.28. The SMILES string of the molecule is CN=C(NCCC(=O)N1CCN(c2ccccc2)CC1)N(C)CCC1CCOCC1. The normalized spacial score (nSPS) is 18.4. The van der Waals surface area contributed by atoms with E-state index in [1.165, 1.54) is 5.69 Å². The van der Waals surface area contributed by atoms with E-state index in [4.69, 9.17) is 4.74 Å². The molecule has 0 unspecified atom stereocenters. The zero-order valence-corrected chi connectivity index (χ0v) is 18.6. The summed E-state index contributed by atoms with van der Waals surface area (Å²) >= 11 is 0. The second kappa shape index (κ2) is 11.8. The third kappa shape index (κ3) is 6.62. The van der Waals surface area contributed by atoms with Gasteiger partial charge in [0.15, 0.2) is 5.96 Å². The lowest BCUT2D eigenvalue weighted by Gasteiger charge is -2.36. The minimum absolute atomic E-state index is 0.218. The van der Waals surface area contributed by atoms with Gasteiger partial charge in [0.05, 0.1) is 0 Å². The third-order valence-corrected chi connectivity index (χ3v) is 6.16. The lowest BCUT2D eigenvalue weighted by molar-refractivity contribution is -0.131. The van der Waals surface area contributed by atoms with Crippen LogP contribution in [-0.2, 0) is 9.53 Å². The molecule has 1 aromatic rings. The largest absolute Gasteiger partial charge is 0.381 e. The van der Waals surface area contributed by atoms with Crippen LogP contribution in [0.2, 0.25) is 0 Å². The molecule has 0 radical (unpaired) electrons. The molecular weight excluding hydrogens is 378 g/mol. The number of ether oxygens (including phenoxy) is 1. The minimum Gasteiger partial charge on any atom is -0.381 e. The number of carbonyl (C=O) groups excluding carboxylic acids is 1. The third-order valence-electron chi connectivity index (χ3n) is 6.16. The van der Waals surface area contributed by atoms with Crippen LogP contribution in [0.5, 0.6) is 0 Å². The number of anilines is 1. The molecule has 3 rings (SSSR count). The van der Waals surface area contributed by atoms with Crippen molar-refractivity contribution in [3.8, 4) is 0 Å². The number of hydrogen-bond acceptors (Lipinski definition) is 4. The molecule has 2 aliphatic heterocycles. The highest BCUT2D eigenvalue weighted by Crippen LogP contribution is 2.18. The van der Waals surface area contributed by atoms with Crippen LogP contribution in [0.15, 0.2) is 35.3 Å². The lowest BCUT2D eigenvalue weighted by Crippen LogP contribution is -2.49. The predicted molar refractivity (Wildman–Crippen MR) is 122 cm³/mol. The molecule has 0 aliphatic carbocycles. The molecule has 1 N–H and O–H groups in total. The van der Waals surface area contributed by atoms with Crippen LogP contribution in [0.3, 0.4) is 0 Å². The van der Waals surface area contributed by atoms with Crippen LogP contribution in [-0.4, -0.2) is 88.2 Å². The topological polar surface area (TPSA) is 60.4 Å². The van der Waals surface area contributed by atoms with Gasteiger partial charge in [-0.15, -0.1) is 0 Å². The van der Waals surface area contributed by atoms with Crippen molar-refractivity contribution < 1.29 is 9.53 Å². The van der Waals surface area contributed by atoms with Crippen LogP contribution >= 0.6 is 0 Å². The first-order chi connectivity index (χ1) is 14.7. The molecule has 0 saturated carbocycles. The highest BCUT2D eigenvalue weighted by Gasteiger charge is 2.21. The van der Waals surface area contributed by atoms with Crippen LogP contribution in [0, 0.1) is 5.92 Å². The summed E-state index contributed by atoms with van der Waals surface area (Å²) in [7, 11) is 3.87. The average molecular weight is 416 g/mol. The standard InChI is InChI=1S/C23H37N5O2/c1-24-23(26(2)13-9-20-10-18-30-19-11-20)25-12-8-22(29)28-16-14-27(15-17-28)21-6-4-3-5-7-21/h3-7,20H,8-19H2,1-2H3,(H,24,25). The minimum atomic E-state index is 0.218. The van der Waals surface area contributed by atoms with Gasteiger partial charge >= 0.3 is 0 Å².